The van der Waals surface area contributed by atoms with Crippen LogP contribution in [0.1, 0.15) is 44.9 Å². The third-order valence-electron chi connectivity index (χ3n) is 2.55. The highest BCUT2D eigenvalue weighted by Gasteiger charge is 2.13. The van der Waals surface area contributed by atoms with Crippen molar-refractivity contribution in [2.24, 2.45) is 0 Å². The normalized spacial score (nSPS) is 19.5. The molecule has 1 aliphatic rings. The van der Waals surface area contributed by atoms with Crippen LogP contribution in [0.3, 0.4) is 0 Å². The fourth-order valence-electron chi connectivity index (χ4n) is 1.82. The molecule has 0 unspecified atom stereocenters. The van der Waals surface area contributed by atoms with E-state index in [0.717, 1.165) is 12.8 Å². The summed E-state index contributed by atoms with van der Waals surface area (Å²) in [4.78, 5) is 11.1. The second kappa shape index (κ2) is 5.97. The lowest BCUT2D eigenvalue weighted by Gasteiger charge is -2.15. The molecule has 1 N–H and O–H groups in total. The Balaban J connectivity index is 2.21. The van der Waals surface area contributed by atoms with Crippen LogP contribution < -0.4 is 5.32 Å². The molecule has 0 aliphatic heterocycles. The average Bonchev–Trinajstić information content (AvgIpc) is 2.33. The number of amides is 1. The van der Waals surface area contributed by atoms with Gasteiger partial charge in [-0.2, -0.15) is 0 Å². The maximum Gasteiger partial charge on any atom is 0.222 e. The molecule has 0 aromatic carbocycles. The van der Waals surface area contributed by atoms with Gasteiger partial charge in [-0.15, -0.1) is 0 Å². The molecule has 0 spiro atoms. The van der Waals surface area contributed by atoms with Crippen molar-refractivity contribution in [3.05, 3.63) is 0 Å². The first-order chi connectivity index (χ1) is 6.33. The predicted octanol–water partition coefficient (Wildman–Crippen LogP) is 1.65. The first-order valence-electron chi connectivity index (χ1n) is 5.20. The van der Waals surface area contributed by atoms with Gasteiger partial charge in [0, 0.05) is 6.04 Å². The highest BCUT2D eigenvalue weighted by Crippen LogP contribution is 2.17. The quantitative estimate of drug-likeness (QED) is 0.666. The van der Waals surface area contributed by atoms with Crippen molar-refractivity contribution in [3.8, 4) is 0 Å². The topological polar surface area (TPSA) is 49.0 Å². The molecule has 3 nitrogen and oxygen atoms in total. The predicted molar refractivity (Wildman–Crippen MR) is 49.8 cm³/mol. The molecule has 1 rings (SSSR count). The molecule has 0 aromatic rings. The zero-order chi connectivity index (χ0) is 9.52. The van der Waals surface area contributed by atoms with E-state index in [1.54, 1.807) is 0 Å². The lowest BCUT2D eigenvalue weighted by atomic mass is 10.1. The number of carbonyl (C=O) groups excluding carboxylic acids is 1. The Labute approximate surface area is 79.5 Å². The lowest BCUT2D eigenvalue weighted by Crippen LogP contribution is -2.34. The van der Waals surface area contributed by atoms with Crippen molar-refractivity contribution in [1.82, 2.24) is 5.32 Å². The molecular weight excluding hydrogens is 166 g/mol. The van der Waals surface area contributed by atoms with E-state index in [1.165, 1.54) is 25.7 Å². The van der Waals surface area contributed by atoms with E-state index in [9.17, 15) is 9.90 Å². The molecule has 3 heteroatoms. The first kappa shape index (κ1) is 10.5. The van der Waals surface area contributed by atoms with E-state index in [4.69, 9.17) is 0 Å². The summed E-state index contributed by atoms with van der Waals surface area (Å²) in [5, 5.41) is 13.1. The van der Waals surface area contributed by atoms with Gasteiger partial charge < -0.3 is 5.32 Å². The standard InChI is InChI=1S/C10H18NO2/c12-8-7-10(13)11-9-5-3-1-2-4-6-9/h9H,1-8H2,(H,11,13). The monoisotopic (exact) mass is 184 g/mol. The minimum atomic E-state index is -0.293. The number of hydrogen-bond donors (Lipinski definition) is 1. The van der Waals surface area contributed by atoms with Gasteiger partial charge in [0.15, 0.2) is 0 Å². The Morgan fingerprint density at radius 3 is 2.31 bits per heavy atom. The molecule has 0 aromatic heterocycles. The Hall–Kier alpha value is -0.570. The number of nitrogens with one attached hydrogen (secondary N) is 1. The molecule has 0 atom stereocenters. The molecule has 13 heavy (non-hydrogen) atoms. The van der Waals surface area contributed by atoms with E-state index in [0.29, 0.717) is 6.04 Å². The zero-order valence-electron chi connectivity index (χ0n) is 8.05. The van der Waals surface area contributed by atoms with E-state index in [1.807, 2.05) is 0 Å². The summed E-state index contributed by atoms with van der Waals surface area (Å²) in [7, 11) is 0. The van der Waals surface area contributed by atoms with Crippen molar-refractivity contribution in [1.29, 1.82) is 0 Å². The van der Waals surface area contributed by atoms with Crippen LogP contribution in [0, 0.1) is 0 Å². The van der Waals surface area contributed by atoms with Gasteiger partial charge in [0.25, 0.3) is 0 Å². The van der Waals surface area contributed by atoms with Gasteiger partial charge in [-0.25, -0.2) is 5.11 Å². The molecular formula is C10H18NO2. The van der Waals surface area contributed by atoms with E-state index >= 15 is 0 Å². The molecule has 0 saturated heterocycles. The van der Waals surface area contributed by atoms with Gasteiger partial charge in [-0.3, -0.25) is 4.79 Å². The van der Waals surface area contributed by atoms with Crippen LogP contribution in [0.4, 0.5) is 0 Å². The van der Waals surface area contributed by atoms with Gasteiger partial charge in [0.1, 0.15) is 0 Å². The number of rotatable bonds is 3. The fraction of sp³-hybridized carbons (Fsp3) is 0.900. The summed E-state index contributed by atoms with van der Waals surface area (Å²) in [6.07, 6.45) is 7.30. The largest absolute Gasteiger partial charge is 0.353 e. The highest BCUT2D eigenvalue weighted by molar-refractivity contribution is 5.76. The molecule has 0 bridgehead atoms. The highest BCUT2D eigenvalue weighted by atomic mass is 16.3. The van der Waals surface area contributed by atoms with Crippen LogP contribution in [0.2, 0.25) is 0 Å². The first-order valence-corrected chi connectivity index (χ1v) is 5.20. The van der Waals surface area contributed by atoms with Crippen LogP contribution >= 0.6 is 0 Å². The summed E-state index contributed by atoms with van der Waals surface area (Å²) in [5.74, 6) is -0.0677. The summed E-state index contributed by atoms with van der Waals surface area (Å²) >= 11 is 0. The second-order valence-corrected chi connectivity index (χ2v) is 3.71. The zero-order valence-corrected chi connectivity index (χ0v) is 8.05. The van der Waals surface area contributed by atoms with Gasteiger partial charge in [-0.05, 0) is 12.8 Å². The molecule has 1 aliphatic carbocycles. The van der Waals surface area contributed by atoms with Crippen molar-refractivity contribution in [2.45, 2.75) is 51.0 Å². The Bertz CT molecular complexity index is 151. The van der Waals surface area contributed by atoms with Crippen molar-refractivity contribution in [2.75, 3.05) is 6.61 Å². The van der Waals surface area contributed by atoms with Crippen molar-refractivity contribution < 1.29 is 9.90 Å². The van der Waals surface area contributed by atoms with Gasteiger partial charge in [0.05, 0.1) is 13.0 Å². The average molecular weight is 184 g/mol. The van der Waals surface area contributed by atoms with Gasteiger partial charge >= 0.3 is 0 Å². The van der Waals surface area contributed by atoms with Crippen LogP contribution in [0.15, 0.2) is 0 Å². The minimum absolute atomic E-state index is 0.0677. The fourth-order valence-corrected chi connectivity index (χ4v) is 1.82. The van der Waals surface area contributed by atoms with E-state index in [2.05, 4.69) is 5.32 Å². The molecule has 1 fully saturated rings. The van der Waals surface area contributed by atoms with Crippen LogP contribution in [0.25, 0.3) is 0 Å². The maximum atomic E-state index is 11.1. The van der Waals surface area contributed by atoms with Crippen molar-refractivity contribution >= 4 is 5.91 Å². The molecule has 75 valence electrons. The molecule has 1 saturated carbocycles. The molecule has 0 heterocycles. The number of carbonyl (C=O) groups is 1. The third kappa shape index (κ3) is 4.27. The third-order valence-corrected chi connectivity index (χ3v) is 2.55. The summed E-state index contributed by atoms with van der Waals surface area (Å²) in [6.45, 7) is -0.293. The minimum Gasteiger partial charge on any atom is -0.353 e. The second-order valence-electron chi connectivity index (χ2n) is 3.71. The number of hydrogen-bond acceptors (Lipinski definition) is 1. The van der Waals surface area contributed by atoms with Crippen molar-refractivity contribution in [3.63, 3.8) is 0 Å². The summed E-state index contributed by atoms with van der Waals surface area (Å²) < 4.78 is 0. The van der Waals surface area contributed by atoms with E-state index in [-0.39, 0.29) is 18.9 Å². The van der Waals surface area contributed by atoms with Crippen LogP contribution in [0.5, 0.6) is 0 Å². The summed E-state index contributed by atoms with van der Waals surface area (Å²) in [6, 6.07) is 0.335. The lowest BCUT2D eigenvalue weighted by molar-refractivity contribution is -0.122. The van der Waals surface area contributed by atoms with Gasteiger partial charge in [0.2, 0.25) is 5.91 Å². The van der Waals surface area contributed by atoms with E-state index < -0.39 is 0 Å². The Morgan fingerprint density at radius 1 is 1.15 bits per heavy atom. The summed E-state index contributed by atoms with van der Waals surface area (Å²) in [5.41, 5.74) is 0. The van der Waals surface area contributed by atoms with Crippen LogP contribution in [-0.4, -0.2) is 18.6 Å². The Morgan fingerprint density at radius 2 is 1.77 bits per heavy atom. The molecule has 1 amide bonds. The Kier molecular flexibility index (Phi) is 4.83. The smallest absolute Gasteiger partial charge is 0.222 e. The van der Waals surface area contributed by atoms with Gasteiger partial charge in [-0.1, -0.05) is 25.7 Å². The van der Waals surface area contributed by atoms with Crippen LogP contribution in [-0.2, 0) is 9.90 Å². The SMILES string of the molecule is [O]CCC(=O)NC1CCCCCC1. The molecule has 1 radical (unpaired) electrons. The maximum absolute atomic E-state index is 11.1.